The zero-order valence-corrected chi connectivity index (χ0v) is 5.52. The fraction of sp³-hybridized carbons (Fsp3) is 1.00. The van der Waals surface area contributed by atoms with E-state index in [0.717, 1.165) is 6.16 Å². The Morgan fingerprint density at radius 2 is 2.20 bits per heavy atom. The number of hydrogen-bond acceptors (Lipinski definition) is 1. The van der Waals surface area contributed by atoms with E-state index >= 15 is 0 Å². The van der Waals surface area contributed by atoms with Gasteiger partial charge in [0.05, 0.1) is 0 Å². The van der Waals surface area contributed by atoms with E-state index in [0.29, 0.717) is 0 Å². The SMILES string of the molecule is CCP(S)Cl. The molecule has 1 unspecified atom stereocenters. The summed E-state index contributed by atoms with van der Waals surface area (Å²) >= 11 is 9.32. The Hall–Kier alpha value is 1.07. The van der Waals surface area contributed by atoms with E-state index in [9.17, 15) is 0 Å². The summed E-state index contributed by atoms with van der Waals surface area (Å²) in [6.07, 6.45) is 1.00. The summed E-state index contributed by atoms with van der Waals surface area (Å²) < 4.78 is 0. The molecule has 0 rings (SSSR count). The van der Waals surface area contributed by atoms with Crippen molar-refractivity contribution in [3.05, 3.63) is 0 Å². The average Bonchev–Trinajstić information content (AvgIpc) is 1.38. The third kappa shape index (κ3) is 5.07. The average molecular weight is 129 g/mol. The Balaban J connectivity index is 2.54. The van der Waals surface area contributed by atoms with Crippen LogP contribution < -0.4 is 0 Å². The lowest BCUT2D eigenvalue weighted by molar-refractivity contribution is 1.53. The molecule has 0 aliphatic carbocycles. The van der Waals surface area contributed by atoms with Gasteiger partial charge in [0.15, 0.2) is 0 Å². The molecule has 0 saturated heterocycles. The van der Waals surface area contributed by atoms with Crippen molar-refractivity contribution < 1.29 is 0 Å². The minimum atomic E-state index is -0.432. The highest BCUT2D eigenvalue weighted by atomic mass is 35.7. The van der Waals surface area contributed by atoms with Crippen molar-refractivity contribution >= 4 is 30.0 Å². The van der Waals surface area contributed by atoms with E-state index in [4.69, 9.17) is 11.2 Å². The maximum atomic E-state index is 5.39. The van der Waals surface area contributed by atoms with Gasteiger partial charge in [0.1, 0.15) is 0 Å². The Kier molecular flexibility index (Phi) is 3.97. The van der Waals surface area contributed by atoms with Gasteiger partial charge in [-0.25, -0.2) is 0 Å². The quantitative estimate of drug-likeness (QED) is 0.407. The van der Waals surface area contributed by atoms with Crippen LogP contribution in [0.2, 0.25) is 0 Å². The van der Waals surface area contributed by atoms with Crippen molar-refractivity contribution in [2.45, 2.75) is 6.92 Å². The van der Waals surface area contributed by atoms with Crippen LogP contribution >= 0.6 is 30.0 Å². The first-order chi connectivity index (χ1) is 2.27. The molecule has 0 N–H and O–H groups in total. The molecule has 0 nitrogen and oxygen atoms in total. The Morgan fingerprint density at radius 3 is 2.20 bits per heavy atom. The molecule has 0 heterocycles. The molecule has 3 heteroatoms. The predicted molar refractivity (Wildman–Crippen MR) is 32.3 cm³/mol. The van der Waals surface area contributed by atoms with Gasteiger partial charge in [-0.2, -0.15) is 0 Å². The molecule has 0 spiro atoms. The van der Waals surface area contributed by atoms with Crippen LogP contribution in [0.25, 0.3) is 0 Å². The second-order valence-corrected chi connectivity index (χ2v) is 5.34. The molecule has 0 aromatic rings. The molecule has 0 amide bonds. The standard InChI is InChI=1S/C2H6ClPS/c1-2-4(3)5/h5H,2H2,1H3. The predicted octanol–water partition coefficient (Wildman–Crippen LogP) is 2.49. The molecular weight excluding hydrogens is 123 g/mol. The number of thiol groups is 1. The lowest BCUT2D eigenvalue weighted by atomic mass is 11.0. The van der Waals surface area contributed by atoms with Gasteiger partial charge in [-0.1, -0.05) is 18.2 Å². The molecule has 32 valence electrons. The highest BCUT2D eigenvalue weighted by Crippen LogP contribution is 2.44. The van der Waals surface area contributed by atoms with Crippen molar-refractivity contribution in [3.63, 3.8) is 0 Å². The Labute approximate surface area is 43.6 Å². The third-order valence-electron chi connectivity index (χ3n) is 0.261. The summed E-state index contributed by atoms with van der Waals surface area (Å²) in [6, 6.07) is 0. The summed E-state index contributed by atoms with van der Waals surface area (Å²) in [4.78, 5) is 0. The molecule has 0 saturated carbocycles. The highest BCUT2D eigenvalue weighted by molar-refractivity contribution is 8.53. The summed E-state index contributed by atoms with van der Waals surface area (Å²) in [5, 5.41) is 0. The molecule has 0 aliphatic rings. The van der Waals surface area contributed by atoms with Crippen LogP contribution in [0.1, 0.15) is 6.92 Å². The molecule has 0 radical (unpaired) electrons. The first kappa shape index (κ1) is 6.07. The van der Waals surface area contributed by atoms with Crippen LogP contribution in [0.4, 0.5) is 0 Å². The second kappa shape index (κ2) is 3.27. The molecule has 5 heavy (non-hydrogen) atoms. The zero-order valence-electron chi connectivity index (χ0n) is 2.98. The van der Waals surface area contributed by atoms with Gasteiger partial charge < -0.3 is 0 Å². The summed E-state index contributed by atoms with van der Waals surface area (Å²) in [7, 11) is 0. The minimum Gasteiger partial charge on any atom is -0.135 e. The van der Waals surface area contributed by atoms with Crippen LogP contribution in [0.15, 0.2) is 0 Å². The van der Waals surface area contributed by atoms with Crippen molar-refractivity contribution in [2.75, 3.05) is 6.16 Å². The van der Waals surface area contributed by atoms with Gasteiger partial charge in [0.25, 0.3) is 0 Å². The summed E-state index contributed by atoms with van der Waals surface area (Å²) in [5.74, 6) is 0. The van der Waals surface area contributed by atoms with Crippen molar-refractivity contribution in [1.82, 2.24) is 0 Å². The largest absolute Gasteiger partial charge is 0.135 e. The van der Waals surface area contributed by atoms with Gasteiger partial charge in [0.2, 0.25) is 0 Å². The van der Waals surface area contributed by atoms with Gasteiger partial charge in [0, 0.05) is 6.48 Å². The number of hydrogen-bond donors (Lipinski definition) is 1. The molecular formula is C2H6ClPS. The molecule has 0 aliphatic heterocycles. The van der Waals surface area contributed by atoms with E-state index in [2.05, 4.69) is 12.2 Å². The first-order valence-corrected chi connectivity index (χ1v) is 4.98. The van der Waals surface area contributed by atoms with Crippen LogP contribution in [0.5, 0.6) is 0 Å². The first-order valence-electron chi connectivity index (χ1n) is 1.39. The molecule has 1 atom stereocenters. The van der Waals surface area contributed by atoms with E-state index < -0.39 is 6.48 Å². The normalized spacial score (nSPS) is 15.0. The number of rotatable bonds is 1. The van der Waals surface area contributed by atoms with Crippen LogP contribution in [-0.4, -0.2) is 6.16 Å². The highest BCUT2D eigenvalue weighted by Gasteiger charge is 1.84. The summed E-state index contributed by atoms with van der Waals surface area (Å²) in [6.45, 7) is 1.59. The number of halogens is 1. The Morgan fingerprint density at radius 1 is 2.00 bits per heavy atom. The minimum absolute atomic E-state index is 0.432. The van der Waals surface area contributed by atoms with Gasteiger partial charge in [-0.15, -0.1) is 12.2 Å². The second-order valence-electron chi connectivity index (χ2n) is 0.653. The lowest BCUT2D eigenvalue weighted by Crippen LogP contribution is -1.50. The van der Waals surface area contributed by atoms with Crippen LogP contribution in [-0.2, 0) is 0 Å². The maximum Gasteiger partial charge on any atom is 0.0459 e. The third-order valence-corrected chi connectivity index (χ3v) is 2.35. The van der Waals surface area contributed by atoms with E-state index in [1.807, 2.05) is 6.92 Å². The van der Waals surface area contributed by atoms with Crippen LogP contribution in [0.3, 0.4) is 0 Å². The van der Waals surface area contributed by atoms with Gasteiger partial charge in [-0.3, -0.25) is 0 Å². The summed E-state index contributed by atoms with van der Waals surface area (Å²) in [5.41, 5.74) is 0. The Bertz CT molecular complexity index is 23.6. The van der Waals surface area contributed by atoms with E-state index in [1.165, 1.54) is 0 Å². The van der Waals surface area contributed by atoms with Crippen molar-refractivity contribution in [1.29, 1.82) is 0 Å². The topological polar surface area (TPSA) is 0 Å². The fourth-order valence-electron chi connectivity index (χ4n) is 0. The lowest BCUT2D eigenvalue weighted by Gasteiger charge is -1.86. The van der Waals surface area contributed by atoms with Crippen LogP contribution in [0, 0.1) is 0 Å². The monoisotopic (exact) mass is 128 g/mol. The molecule has 0 fully saturated rings. The maximum absolute atomic E-state index is 5.39. The molecule has 0 aromatic heterocycles. The van der Waals surface area contributed by atoms with Gasteiger partial charge >= 0.3 is 0 Å². The van der Waals surface area contributed by atoms with E-state index in [-0.39, 0.29) is 0 Å². The van der Waals surface area contributed by atoms with Crippen molar-refractivity contribution in [2.24, 2.45) is 0 Å². The van der Waals surface area contributed by atoms with Gasteiger partial charge in [-0.05, 0) is 6.16 Å². The fourth-order valence-corrected chi connectivity index (χ4v) is 0. The smallest absolute Gasteiger partial charge is 0.0459 e. The molecule has 0 bridgehead atoms. The zero-order chi connectivity index (χ0) is 4.28. The molecule has 0 aromatic carbocycles. The van der Waals surface area contributed by atoms with E-state index in [1.54, 1.807) is 0 Å². The van der Waals surface area contributed by atoms with Crippen molar-refractivity contribution in [3.8, 4) is 0 Å².